The van der Waals surface area contributed by atoms with Crippen LogP contribution in [0.5, 0.6) is 0 Å². The highest BCUT2D eigenvalue weighted by Gasteiger charge is 2.30. The molecule has 1 fully saturated rings. The molecule has 1 rings (SSSR count). The summed E-state index contributed by atoms with van der Waals surface area (Å²) < 4.78 is 0. The van der Waals surface area contributed by atoms with Crippen molar-refractivity contribution in [3.8, 4) is 0 Å². The maximum Gasteiger partial charge on any atom is 0.163 e. The van der Waals surface area contributed by atoms with Crippen LogP contribution >= 0.6 is 0 Å². The second-order valence-corrected chi connectivity index (χ2v) is 2.73. The van der Waals surface area contributed by atoms with Gasteiger partial charge >= 0.3 is 0 Å². The lowest BCUT2D eigenvalue weighted by Gasteiger charge is -2.09. The number of carbonyl (C=O) groups excluding carboxylic acids is 1. The predicted molar refractivity (Wildman–Crippen MR) is 35.4 cm³/mol. The van der Waals surface area contributed by atoms with E-state index >= 15 is 0 Å². The topological polar surface area (TPSA) is 57.5 Å². The van der Waals surface area contributed by atoms with Gasteiger partial charge in [-0.25, -0.2) is 0 Å². The van der Waals surface area contributed by atoms with Gasteiger partial charge in [0.1, 0.15) is 6.61 Å². The second-order valence-electron chi connectivity index (χ2n) is 2.73. The smallest absolute Gasteiger partial charge is 0.163 e. The van der Waals surface area contributed by atoms with E-state index in [9.17, 15) is 4.79 Å². The lowest BCUT2D eigenvalue weighted by atomic mass is 10.0. The molecule has 0 aliphatic heterocycles. The zero-order valence-corrected chi connectivity index (χ0v) is 5.79. The molecule has 0 aromatic rings. The summed E-state index contributed by atoms with van der Waals surface area (Å²) in [6.45, 7) is -0.429. The molecule has 0 unspecified atom stereocenters. The summed E-state index contributed by atoms with van der Waals surface area (Å²) in [7, 11) is 0. The molecule has 1 aliphatic rings. The minimum Gasteiger partial charge on any atom is -0.392 e. The molecule has 0 spiro atoms. The number of aliphatic hydroxyl groups is 2. The van der Waals surface area contributed by atoms with Gasteiger partial charge in [-0.05, 0) is 12.8 Å². The first-order valence-corrected chi connectivity index (χ1v) is 3.57. The number of rotatable bonds is 2. The number of Topliss-reactive ketones (excluding diaryl/α,β-unsaturated/α-hetero) is 1. The first kappa shape index (κ1) is 7.69. The number of aliphatic hydroxyl groups excluding tert-OH is 2. The molecule has 58 valence electrons. The minimum absolute atomic E-state index is 0.218. The van der Waals surface area contributed by atoms with Crippen molar-refractivity contribution in [1.29, 1.82) is 0 Å². The number of hydrogen-bond acceptors (Lipinski definition) is 3. The SMILES string of the molecule is O=C(CO)[C@H]1CCC[C@H]1O. The van der Waals surface area contributed by atoms with Crippen molar-refractivity contribution < 1.29 is 15.0 Å². The number of ketones is 1. The quantitative estimate of drug-likeness (QED) is 0.560. The van der Waals surface area contributed by atoms with E-state index in [0.29, 0.717) is 6.42 Å². The van der Waals surface area contributed by atoms with Crippen LogP contribution < -0.4 is 0 Å². The first-order valence-electron chi connectivity index (χ1n) is 3.57. The van der Waals surface area contributed by atoms with Gasteiger partial charge in [0.25, 0.3) is 0 Å². The van der Waals surface area contributed by atoms with Crippen LogP contribution in [0.15, 0.2) is 0 Å². The average molecular weight is 144 g/mol. The van der Waals surface area contributed by atoms with E-state index in [2.05, 4.69) is 0 Å². The molecule has 3 heteroatoms. The van der Waals surface area contributed by atoms with Crippen LogP contribution in [0.25, 0.3) is 0 Å². The van der Waals surface area contributed by atoms with E-state index in [1.807, 2.05) is 0 Å². The van der Waals surface area contributed by atoms with E-state index in [1.54, 1.807) is 0 Å². The van der Waals surface area contributed by atoms with Crippen LogP contribution in [0.3, 0.4) is 0 Å². The molecule has 2 N–H and O–H groups in total. The summed E-state index contributed by atoms with van der Waals surface area (Å²) in [4.78, 5) is 10.8. The van der Waals surface area contributed by atoms with Crippen LogP contribution in [0.2, 0.25) is 0 Å². The molecule has 0 bridgehead atoms. The first-order chi connectivity index (χ1) is 4.75. The maximum absolute atomic E-state index is 10.8. The summed E-state index contributed by atoms with van der Waals surface area (Å²) in [5, 5.41) is 17.6. The summed E-state index contributed by atoms with van der Waals surface area (Å²) in [6.07, 6.45) is 1.84. The molecule has 10 heavy (non-hydrogen) atoms. The third kappa shape index (κ3) is 1.36. The summed E-state index contributed by atoms with van der Waals surface area (Å²) in [5.41, 5.74) is 0. The normalized spacial score (nSPS) is 32.6. The molecular weight excluding hydrogens is 132 g/mol. The minimum atomic E-state index is -0.500. The summed E-state index contributed by atoms with van der Waals surface area (Å²) >= 11 is 0. The Labute approximate surface area is 59.7 Å². The Morgan fingerprint density at radius 1 is 1.50 bits per heavy atom. The Hall–Kier alpha value is -0.410. The molecule has 0 aromatic carbocycles. The largest absolute Gasteiger partial charge is 0.392 e. The highest BCUT2D eigenvalue weighted by atomic mass is 16.3. The fourth-order valence-corrected chi connectivity index (χ4v) is 1.43. The van der Waals surface area contributed by atoms with E-state index in [1.165, 1.54) is 0 Å². The Bertz CT molecular complexity index is 133. The Kier molecular flexibility index (Phi) is 2.40. The molecule has 1 aliphatic carbocycles. The van der Waals surface area contributed by atoms with E-state index in [0.717, 1.165) is 12.8 Å². The zero-order valence-electron chi connectivity index (χ0n) is 5.79. The van der Waals surface area contributed by atoms with E-state index in [-0.39, 0.29) is 11.7 Å². The highest BCUT2D eigenvalue weighted by Crippen LogP contribution is 2.25. The third-order valence-corrected chi connectivity index (χ3v) is 2.05. The van der Waals surface area contributed by atoms with Crippen LogP contribution in [0.1, 0.15) is 19.3 Å². The Morgan fingerprint density at radius 2 is 2.20 bits per heavy atom. The number of hydrogen-bond donors (Lipinski definition) is 2. The molecule has 0 saturated heterocycles. The van der Waals surface area contributed by atoms with Crippen molar-refractivity contribution in [1.82, 2.24) is 0 Å². The van der Waals surface area contributed by atoms with Gasteiger partial charge in [0.05, 0.1) is 6.10 Å². The third-order valence-electron chi connectivity index (χ3n) is 2.05. The van der Waals surface area contributed by atoms with Gasteiger partial charge in [-0.15, -0.1) is 0 Å². The fraction of sp³-hybridized carbons (Fsp3) is 0.857. The maximum atomic E-state index is 10.8. The standard InChI is InChI=1S/C7H12O3/c8-4-7(10)5-2-1-3-6(5)9/h5-6,8-9H,1-4H2/t5-,6+/m0/s1. The van der Waals surface area contributed by atoms with Gasteiger partial charge < -0.3 is 10.2 Å². The van der Waals surface area contributed by atoms with Gasteiger partial charge in [-0.1, -0.05) is 6.42 Å². The lowest BCUT2D eigenvalue weighted by molar-refractivity contribution is -0.128. The van der Waals surface area contributed by atoms with Gasteiger partial charge in [-0.3, -0.25) is 4.79 Å². The van der Waals surface area contributed by atoms with Crippen molar-refractivity contribution in [3.05, 3.63) is 0 Å². The molecule has 0 radical (unpaired) electrons. The van der Waals surface area contributed by atoms with Gasteiger partial charge in [0.15, 0.2) is 5.78 Å². The van der Waals surface area contributed by atoms with Crippen molar-refractivity contribution in [2.45, 2.75) is 25.4 Å². The summed E-state index contributed by atoms with van der Waals surface area (Å²) in [5.74, 6) is -0.505. The van der Waals surface area contributed by atoms with Gasteiger partial charge in [-0.2, -0.15) is 0 Å². The highest BCUT2D eigenvalue weighted by molar-refractivity contribution is 5.82. The van der Waals surface area contributed by atoms with Crippen LogP contribution in [0, 0.1) is 5.92 Å². The number of carbonyl (C=O) groups is 1. The average Bonchev–Trinajstić information content (AvgIpc) is 2.34. The Morgan fingerprint density at radius 3 is 2.60 bits per heavy atom. The van der Waals surface area contributed by atoms with Crippen LogP contribution in [-0.2, 0) is 4.79 Å². The lowest BCUT2D eigenvalue weighted by Crippen LogP contribution is -2.25. The van der Waals surface area contributed by atoms with Crippen molar-refractivity contribution in [2.75, 3.05) is 6.61 Å². The van der Waals surface area contributed by atoms with Crippen molar-refractivity contribution in [2.24, 2.45) is 5.92 Å². The molecular formula is C7H12O3. The van der Waals surface area contributed by atoms with E-state index < -0.39 is 12.7 Å². The monoisotopic (exact) mass is 144 g/mol. The predicted octanol–water partition coefficient (Wildman–Crippen LogP) is -0.291. The van der Waals surface area contributed by atoms with Crippen LogP contribution in [0.4, 0.5) is 0 Å². The molecule has 0 amide bonds. The second kappa shape index (κ2) is 3.12. The van der Waals surface area contributed by atoms with Crippen LogP contribution in [-0.4, -0.2) is 28.7 Å². The van der Waals surface area contributed by atoms with Gasteiger partial charge in [0, 0.05) is 5.92 Å². The summed E-state index contributed by atoms with van der Waals surface area (Å²) in [6, 6.07) is 0. The van der Waals surface area contributed by atoms with Crippen molar-refractivity contribution >= 4 is 5.78 Å². The molecule has 0 heterocycles. The molecule has 2 atom stereocenters. The molecule has 3 nitrogen and oxygen atoms in total. The van der Waals surface area contributed by atoms with E-state index in [4.69, 9.17) is 10.2 Å². The fourth-order valence-electron chi connectivity index (χ4n) is 1.43. The molecule has 0 aromatic heterocycles. The zero-order chi connectivity index (χ0) is 7.56. The Balaban J connectivity index is 2.46. The van der Waals surface area contributed by atoms with Crippen molar-refractivity contribution in [3.63, 3.8) is 0 Å². The molecule has 1 saturated carbocycles. The van der Waals surface area contributed by atoms with Gasteiger partial charge in [0.2, 0.25) is 0 Å².